The highest BCUT2D eigenvalue weighted by atomic mass is 35.7. The summed E-state index contributed by atoms with van der Waals surface area (Å²) in [6, 6.07) is 0. The van der Waals surface area contributed by atoms with Crippen LogP contribution in [0.25, 0.3) is 0 Å². The second kappa shape index (κ2) is 5.93. The number of hydrogen-bond donors (Lipinski definition) is 0. The van der Waals surface area contributed by atoms with Gasteiger partial charge in [0, 0.05) is 17.3 Å². The molecule has 1 fully saturated rings. The largest absolute Gasteiger partial charge is 0.378 e. The smallest absolute Gasteiger partial charge is 0.232 e. The Bertz CT molecular complexity index is 245. The monoisotopic (exact) mass is 240 g/mol. The third-order valence-corrected chi connectivity index (χ3v) is 3.68. The molecule has 0 radical (unpaired) electrons. The highest BCUT2D eigenvalue weighted by Gasteiger charge is 2.14. The molecule has 0 amide bonds. The summed E-state index contributed by atoms with van der Waals surface area (Å²) in [5.74, 6) is 0.0581. The Morgan fingerprint density at radius 3 is 2.43 bits per heavy atom. The van der Waals surface area contributed by atoms with Gasteiger partial charge in [0.1, 0.15) is 0 Å². The molecule has 0 spiro atoms. The first-order valence-corrected chi connectivity index (χ1v) is 7.60. The molecule has 1 aliphatic rings. The Morgan fingerprint density at radius 2 is 1.86 bits per heavy atom. The van der Waals surface area contributed by atoms with E-state index in [2.05, 4.69) is 0 Å². The number of halogens is 1. The molecular formula is C9H17ClO3S. The maximum absolute atomic E-state index is 10.6. The Morgan fingerprint density at radius 1 is 1.21 bits per heavy atom. The average Bonchev–Trinajstić information content (AvgIpc) is 2.54. The van der Waals surface area contributed by atoms with Crippen LogP contribution < -0.4 is 0 Å². The van der Waals surface area contributed by atoms with Crippen LogP contribution in [0.5, 0.6) is 0 Å². The average molecular weight is 241 g/mol. The van der Waals surface area contributed by atoms with Crippen LogP contribution in [-0.4, -0.2) is 26.9 Å². The second-order valence-electron chi connectivity index (χ2n) is 3.73. The van der Waals surface area contributed by atoms with Crippen molar-refractivity contribution in [2.24, 2.45) is 0 Å². The lowest BCUT2D eigenvalue weighted by molar-refractivity contribution is 0.0566. The van der Waals surface area contributed by atoms with Crippen LogP contribution in [0.4, 0.5) is 0 Å². The fraction of sp³-hybridized carbons (Fsp3) is 1.00. The molecule has 0 aliphatic heterocycles. The molecule has 1 rings (SSSR count). The second-order valence-corrected chi connectivity index (χ2v) is 6.62. The molecule has 0 saturated heterocycles. The fourth-order valence-electron chi connectivity index (χ4n) is 1.68. The van der Waals surface area contributed by atoms with Gasteiger partial charge in [0.05, 0.1) is 11.9 Å². The molecular weight excluding hydrogens is 224 g/mol. The van der Waals surface area contributed by atoms with E-state index in [1.165, 1.54) is 12.8 Å². The molecule has 1 saturated carbocycles. The molecule has 84 valence electrons. The van der Waals surface area contributed by atoms with Gasteiger partial charge in [0.15, 0.2) is 0 Å². The van der Waals surface area contributed by atoms with E-state index in [1.54, 1.807) is 0 Å². The van der Waals surface area contributed by atoms with Gasteiger partial charge in [-0.05, 0) is 25.7 Å². The van der Waals surface area contributed by atoms with Gasteiger partial charge < -0.3 is 4.74 Å². The molecule has 0 N–H and O–H groups in total. The van der Waals surface area contributed by atoms with Crippen molar-refractivity contribution in [2.45, 2.75) is 44.6 Å². The van der Waals surface area contributed by atoms with E-state index in [0.29, 0.717) is 19.1 Å². The molecule has 14 heavy (non-hydrogen) atoms. The maximum atomic E-state index is 10.6. The Hall–Kier alpha value is 0.200. The van der Waals surface area contributed by atoms with Crippen molar-refractivity contribution >= 4 is 19.7 Å². The lowest BCUT2D eigenvalue weighted by atomic mass is 10.3. The molecule has 0 aromatic heterocycles. The molecule has 0 bridgehead atoms. The number of rotatable bonds is 6. The van der Waals surface area contributed by atoms with E-state index < -0.39 is 9.05 Å². The van der Waals surface area contributed by atoms with E-state index in [4.69, 9.17) is 15.4 Å². The van der Waals surface area contributed by atoms with E-state index in [-0.39, 0.29) is 5.75 Å². The predicted molar refractivity (Wildman–Crippen MR) is 57.1 cm³/mol. The maximum Gasteiger partial charge on any atom is 0.232 e. The minimum absolute atomic E-state index is 0.0581. The molecule has 1 aliphatic carbocycles. The molecule has 0 atom stereocenters. The van der Waals surface area contributed by atoms with Crippen molar-refractivity contribution in [3.8, 4) is 0 Å². The molecule has 0 aromatic rings. The Balaban J connectivity index is 1.94. The van der Waals surface area contributed by atoms with Gasteiger partial charge in [0.2, 0.25) is 9.05 Å². The Labute approximate surface area is 90.2 Å². The van der Waals surface area contributed by atoms with Crippen LogP contribution in [0.15, 0.2) is 0 Å². The third kappa shape index (κ3) is 5.83. The predicted octanol–water partition coefficient (Wildman–Crippen LogP) is 2.29. The summed E-state index contributed by atoms with van der Waals surface area (Å²) in [5, 5.41) is 0. The summed E-state index contributed by atoms with van der Waals surface area (Å²) in [4.78, 5) is 0. The standard InChI is InChI=1S/C9H17ClO3S/c10-14(11,12)8-4-3-7-13-9-5-1-2-6-9/h9H,1-8H2. The summed E-state index contributed by atoms with van der Waals surface area (Å²) >= 11 is 0. The van der Waals surface area contributed by atoms with Gasteiger partial charge >= 0.3 is 0 Å². The molecule has 0 unspecified atom stereocenters. The van der Waals surface area contributed by atoms with Crippen molar-refractivity contribution in [2.75, 3.05) is 12.4 Å². The first-order valence-electron chi connectivity index (χ1n) is 5.12. The van der Waals surface area contributed by atoms with Gasteiger partial charge in [-0.3, -0.25) is 0 Å². The molecule has 0 aromatic carbocycles. The fourth-order valence-corrected chi connectivity index (χ4v) is 2.56. The summed E-state index contributed by atoms with van der Waals surface area (Å²) in [5.41, 5.74) is 0. The van der Waals surface area contributed by atoms with Crippen molar-refractivity contribution in [3.05, 3.63) is 0 Å². The van der Waals surface area contributed by atoms with Crippen LogP contribution in [0.3, 0.4) is 0 Å². The zero-order valence-corrected chi connectivity index (χ0v) is 9.82. The summed E-state index contributed by atoms with van der Waals surface area (Å²) in [7, 11) is 1.76. The van der Waals surface area contributed by atoms with Crippen LogP contribution >= 0.6 is 10.7 Å². The van der Waals surface area contributed by atoms with E-state index in [1.807, 2.05) is 0 Å². The highest BCUT2D eigenvalue weighted by Crippen LogP contribution is 2.21. The van der Waals surface area contributed by atoms with Crippen molar-refractivity contribution < 1.29 is 13.2 Å². The number of hydrogen-bond acceptors (Lipinski definition) is 3. The first kappa shape index (κ1) is 12.3. The summed E-state index contributed by atoms with van der Waals surface area (Å²) < 4.78 is 26.7. The van der Waals surface area contributed by atoms with E-state index in [9.17, 15) is 8.42 Å². The zero-order valence-electron chi connectivity index (χ0n) is 8.25. The zero-order chi connectivity index (χ0) is 10.4. The van der Waals surface area contributed by atoms with Gasteiger partial charge in [-0.15, -0.1) is 0 Å². The van der Waals surface area contributed by atoms with E-state index in [0.717, 1.165) is 19.3 Å². The van der Waals surface area contributed by atoms with Crippen molar-refractivity contribution in [1.82, 2.24) is 0 Å². The Kier molecular flexibility index (Phi) is 5.20. The first-order chi connectivity index (χ1) is 6.58. The van der Waals surface area contributed by atoms with Gasteiger partial charge in [-0.1, -0.05) is 12.8 Å². The summed E-state index contributed by atoms with van der Waals surface area (Å²) in [6.07, 6.45) is 6.65. The molecule has 0 heterocycles. The molecule has 3 nitrogen and oxygen atoms in total. The number of ether oxygens (including phenoxy) is 1. The summed E-state index contributed by atoms with van der Waals surface area (Å²) in [6.45, 7) is 0.664. The van der Waals surface area contributed by atoms with Gasteiger partial charge in [-0.2, -0.15) is 0 Å². The molecule has 5 heteroatoms. The van der Waals surface area contributed by atoms with E-state index >= 15 is 0 Å². The van der Waals surface area contributed by atoms with Crippen LogP contribution in [0, 0.1) is 0 Å². The minimum atomic E-state index is -3.31. The minimum Gasteiger partial charge on any atom is -0.378 e. The normalized spacial score (nSPS) is 18.9. The van der Waals surface area contributed by atoms with Gasteiger partial charge in [-0.25, -0.2) is 8.42 Å². The van der Waals surface area contributed by atoms with Crippen LogP contribution in [0.2, 0.25) is 0 Å². The van der Waals surface area contributed by atoms with Crippen molar-refractivity contribution in [1.29, 1.82) is 0 Å². The van der Waals surface area contributed by atoms with Gasteiger partial charge in [0.25, 0.3) is 0 Å². The number of unbranched alkanes of at least 4 members (excludes halogenated alkanes) is 1. The topological polar surface area (TPSA) is 43.4 Å². The quantitative estimate of drug-likeness (QED) is 0.529. The highest BCUT2D eigenvalue weighted by molar-refractivity contribution is 8.13. The third-order valence-electron chi connectivity index (χ3n) is 2.44. The lowest BCUT2D eigenvalue weighted by Crippen LogP contribution is -2.09. The van der Waals surface area contributed by atoms with Crippen molar-refractivity contribution in [3.63, 3.8) is 0 Å². The van der Waals surface area contributed by atoms with Crippen LogP contribution in [-0.2, 0) is 13.8 Å². The lowest BCUT2D eigenvalue weighted by Gasteiger charge is -2.09. The van der Waals surface area contributed by atoms with Crippen LogP contribution in [0.1, 0.15) is 38.5 Å². The SMILES string of the molecule is O=S(=O)(Cl)CCCCOC1CCCC1.